The van der Waals surface area contributed by atoms with Crippen LogP contribution in [0.15, 0.2) is 48.0 Å². The molecular formula is C52H90O3P+. The molecule has 2 aromatic carbocycles. The van der Waals surface area contributed by atoms with Crippen LogP contribution in [0.4, 0.5) is 0 Å². The van der Waals surface area contributed by atoms with E-state index in [0.717, 1.165) is 36.7 Å². The zero-order chi connectivity index (χ0) is 41.3. The van der Waals surface area contributed by atoms with Crippen molar-refractivity contribution in [3.8, 4) is 5.75 Å². The molecule has 2 aromatic rings. The van der Waals surface area contributed by atoms with Crippen LogP contribution in [0.2, 0.25) is 0 Å². The first-order valence-electron chi connectivity index (χ1n) is 23.6. The number of allylic oxidation sites excluding steroid dienone is 2. The maximum absolute atomic E-state index is 7.46. The molecule has 0 aliphatic rings. The summed E-state index contributed by atoms with van der Waals surface area (Å²) in [4.78, 5) is 0. The molecule has 0 amide bonds. The molecule has 0 saturated carbocycles. The van der Waals surface area contributed by atoms with E-state index in [1.807, 2.05) is 0 Å². The van der Waals surface area contributed by atoms with E-state index in [2.05, 4.69) is 119 Å². The highest BCUT2D eigenvalue weighted by Gasteiger charge is 2.53. The van der Waals surface area contributed by atoms with E-state index in [1.165, 1.54) is 144 Å². The molecule has 0 radical (unpaired) electrons. The van der Waals surface area contributed by atoms with Crippen LogP contribution in [0.3, 0.4) is 0 Å². The Morgan fingerprint density at radius 1 is 0.518 bits per heavy atom. The molecule has 0 fully saturated rings. The van der Waals surface area contributed by atoms with E-state index in [9.17, 15) is 0 Å². The maximum atomic E-state index is 7.46. The number of benzene rings is 2. The van der Waals surface area contributed by atoms with E-state index in [0.29, 0.717) is 13.2 Å². The lowest BCUT2D eigenvalue weighted by Crippen LogP contribution is -2.31. The fraction of sp³-hybridized carbons (Fsp3) is 0.731. The molecule has 0 heterocycles. The highest BCUT2D eigenvalue weighted by atomic mass is 31.2. The Bertz CT molecular complexity index is 1350. The van der Waals surface area contributed by atoms with Gasteiger partial charge >= 0.3 is 7.94 Å². The molecule has 0 saturated heterocycles. The Kier molecular flexibility index (Phi) is 25.2. The third-order valence-corrected chi connectivity index (χ3v) is 13.6. The second kappa shape index (κ2) is 27.9. The quantitative estimate of drug-likeness (QED) is 0.0432. The average Bonchev–Trinajstić information content (AvgIpc) is 3.14. The van der Waals surface area contributed by atoms with Gasteiger partial charge in [-0.25, -0.2) is 0 Å². The van der Waals surface area contributed by atoms with Crippen molar-refractivity contribution >= 4 is 13.2 Å². The van der Waals surface area contributed by atoms with E-state index < -0.39 is 7.94 Å². The zero-order valence-corrected chi connectivity index (χ0v) is 39.8. The van der Waals surface area contributed by atoms with Crippen molar-refractivity contribution in [1.29, 1.82) is 0 Å². The minimum atomic E-state index is -3.07. The van der Waals surface area contributed by atoms with E-state index in [4.69, 9.17) is 13.6 Å². The molecule has 0 aliphatic carbocycles. The van der Waals surface area contributed by atoms with Gasteiger partial charge in [-0.05, 0) is 86.5 Å². The number of unbranched alkanes of at least 4 members (excludes halogenated alkanes) is 17. The molecule has 2 rings (SSSR count). The molecule has 0 spiro atoms. The fourth-order valence-electron chi connectivity index (χ4n) is 7.66. The minimum Gasteiger partial charge on any atom is -0.280 e. The van der Waals surface area contributed by atoms with Crippen molar-refractivity contribution in [2.45, 2.75) is 235 Å². The van der Waals surface area contributed by atoms with Gasteiger partial charge in [0.1, 0.15) is 0 Å². The van der Waals surface area contributed by atoms with Gasteiger partial charge in [-0.1, -0.05) is 207 Å². The first kappa shape index (κ1) is 50.5. The Hall–Kier alpha value is -1.67. The Balaban J connectivity index is 2.38. The van der Waals surface area contributed by atoms with Crippen molar-refractivity contribution < 1.29 is 13.6 Å². The summed E-state index contributed by atoms with van der Waals surface area (Å²) in [6.07, 6.45) is 32.0. The highest BCUT2D eigenvalue weighted by Crippen LogP contribution is 2.63. The van der Waals surface area contributed by atoms with E-state index in [-0.39, 0.29) is 10.8 Å². The molecule has 0 aliphatic heterocycles. The molecule has 0 aromatic heterocycles. The molecule has 56 heavy (non-hydrogen) atoms. The monoisotopic (exact) mass is 794 g/mol. The smallest absolute Gasteiger partial charge is 0.280 e. The molecule has 1 unspecified atom stereocenters. The Labute approximate surface area is 349 Å². The van der Waals surface area contributed by atoms with Crippen LogP contribution in [0.25, 0.3) is 0 Å². The van der Waals surface area contributed by atoms with Crippen molar-refractivity contribution in [2.24, 2.45) is 0 Å². The van der Waals surface area contributed by atoms with Gasteiger partial charge in [-0.3, -0.25) is 4.52 Å². The summed E-state index contributed by atoms with van der Waals surface area (Å²) in [5, 5.41) is 1.11. The molecule has 320 valence electrons. The minimum absolute atomic E-state index is 0.0941. The van der Waals surface area contributed by atoms with Crippen LogP contribution >= 0.6 is 7.94 Å². The van der Waals surface area contributed by atoms with Gasteiger partial charge in [0.25, 0.3) is 0 Å². The fourth-order valence-corrected chi connectivity index (χ4v) is 10.4. The number of rotatable bonds is 31. The lowest BCUT2D eigenvalue weighted by Gasteiger charge is -2.30. The third-order valence-electron chi connectivity index (χ3n) is 11.2. The summed E-state index contributed by atoms with van der Waals surface area (Å²) in [5.41, 5.74) is 6.25. The predicted molar refractivity (Wildman–Crippen MR) is 250 cm³/mol. The summed E-state index contributed by atoms with van der Waals surface area (Å²) in [7, 11) is -3.07. The Morgan fingerprint density at radius 3 is 1.48 bits per heavy atom. The molecular weight excluding hydrogens is 704 g/mol. The van der Waals surface area contributed by atoms with Crippen LogP contribution in [0.5, 0.6) is 5.75 Å². The highest BCUT2D eigenvalue weighted by molar-refractivity contribution is 7.70. The molecule has 0 N–H and O–H groups in total. The normalized spacial score (nSPS) is 13.7. The van der Waals surface area contributed by atoms with Gasteiger partial charge in [0.2, 0.25) is 0 Å². The second-order valence-electron chi connectivity index (χ2n) is 18.9. The van der Waals surface area contributed by atoms with Crippen LogP contribution in [-0.4, -0.2) is 13.2 Å². The maximum Gasteiger partial charge on any atom is 0.492 e. The predicted octanol–water partition coefficient (Wildman–Crippen LogP) is 17.4. The van der Waals surface area contributed by atoms with Crippen LogP contribution in [0.1, 0.15) is 232 Å². The SMILES string of the molecule is CCCC=C(CCCCCCCCC)CCCO[P+](OCCCCCCCCCCCCC)(Oc1cc(C)ccc1C(C)(C)C)c1cc(C)ccc1C(C)(C)C. The van der Waals surface area contributed by atoms with E-state index >= 15 is 0 Å². The van der Waals surface area contributed by atoms with Gasteiger partial charge < -0.3 is 0 Å². The molecule has 0 bridgehead atoms. The van der Waals surface area contributed by atoms with Crippen molar-refractivity contribution in [3.63, 3.8) is 0 Å². The summed E-state index contributed by atoms with van der Waals surface area (Å²) in [6, 6.07) is 13.5. The largest absolute Gasteiger partial charge is 0.492 e. The van der Waals surface area contributed by atoms with Gasteiger partial charge in [-0.2, -0.15) is 9.05 Å². The van der Waals surface area contributed by atoms with Gasteiger partial charge in [-0.15, -0.1) is 0 Å². The topological polar surface area (TPSA) is 27.7 Å². The first-order valence-corrected chi connectivity index (χ1v) is 25.1. The summed E-state index contributed by atoms with van der Waals surface area (Å²) >= 11 is 0. The standard InChI is InChI=1S/C52H90O3P/c1-12-15-18-20-22-23-24-25-27-29-31-40-53-56(50-43-45(5)37-39-48(50)52(9,10)11,55-49-42-44(4)36-38-47(49)51(6,7)8)54-41-32-35-46(33-17-14-3)34-30-28-26-21-19-16-13-2/h33,36-39,42-43H,12-32,34-35,40-41H2,1-11H3/q+1. The second-order valence-corrected chi connectivity index (χ2v) is 21.1. The number of aryl methyl sites for hydroxylation is 2. The first-order chi connectivity index (χ1) is 26.8. The summed E-state index contributed by atoms with van der Waals surface area (Å²) in [5.74, 6) is 0.897. The molecule has 4 heteroatoms. The number of hydrogen-bond donors (Lipinski definition) is 0. The van der Waals surface area contributed by atoms with Gasteiger partial charge in [0.15, 0.2) is 11.1 Å². The van der Waals surface area contributed by atoms with Gasteiger partial charge in [0, 0.05) is 11.1 Å². The van der Waals surface area contributed by atoms with Crippen LogP contribution in [-0.2, 0) is 19.9 Å². The molecule has 3 nitrogen and oxygen atoms in total. The van der Waals surface area contributed by atoms with Crippen molar-refractivity contribution in [1.82, 2.24) is 0 Å². The lowest BCUT2D eigenvalue weighted by atomic mass is 9.86. The number of hydrogen-bond acceptors (Lipinski definition) is 3. The van der Waals surface area contributed by atoms with Crippen LogP contribution in [0, 0.1) is 13.8 Å². The van der Waals surface area contributed by atoms with Crippen molar-refractivity contribution in [2.75, 3.05) is 13.2 Å². The van der Waals surface area contributed by atoms with E-state index in [1.54, 1.807) is 5.57 Å². The zero-order valence-electron chi connectivity index (χ0n) is 38.9. The Morgan fingerprint density at radius 2 is 0.964 bits per heavy atom. The summed E-state index contributed by atoms with van der Waals surface area (Å²) < 4.78 is 22.0. The average molecular weight is 794 g/mol. The third kappa shape index (κ3) is 19.9. The lowest BCUT2D eigenvalue weighted by molar-refractivity contribution is 0.185. The van der Waals surface area contributed by atoms with Gasteiger partial charge in [0.05, 0.1) is 13.2 Å². The molecule has 1 atom stereocenters. The van der Waals surface area contributed by atoms with Crippen LogP contribution < -0.4 is 9.83 Å². The van der Waals surface area contributed by atoms with Crippen molar-refractivity contribution in [3.05, 3.63) is 70.3 Å². The summed E-state index contributed by atoms with van der Waals surface area (Å²) in [6.45, 7) is 26.2.